The molecule has 0 amide bonds. The van der Waals surface area contributed by atoms with Gasteiger partial charge in [0.15, 0.2) is 0 Å². The molecule has 0 aromatic carbocycles. The number of nitrogens with zero attached hydrogens (tertiary/aromatic N) is 1. The molecule has 1 aliphatic rings. The van der Waals surface area contributed by atoms with E-state index in [4.69, 9.17) is 0 Å². The van der Waals surface area contributed by atoms with E-state index in [1.54, 1.807) is 6.92 Å². The molecule has 0 spiro atoms. The van der Waals surface area contributed by atoms with Crippen molar-refractivity contribution in [1.82, 2.24) is 10.2 Å². The van der Waals surface area contributed by atoms with E-state index >= 15 is 0 Å². The first-order valence-corrected chi connectivity index (χ1v) is 5.48. The number of hydrogen-bond donors (Lipinski definition) is 1. The molecule has 1 aliphatic carbocycles. The van der Waals surface area contributed by atoms with Crippen LogP contribution in [0.25, 0.3) is 0 Å². The van der Waals surface area contributed by atoms with Gasteiger partial charge in [-0.2, -0.15) is 5.10 Å². The molecule has 1 heterocycles. The first-order valence-electron chi connectivity index (χ1n) is 4.40. The van der Waals surface area contributed by atoms with Gasteiger partial charge in [0.05, 0.1) is 0 Å². The molecule has 0 saturated carbocycles. The Balaban J connectivity index is 2.25. The van der Waals surface area contributed by atoms with Gasteiger partial charge in [0, 0.05) is 17.2 Å². The first kappa shape index (κ1) is 9.18. The molecule has 1 atom stereocenters. The third-order valence-electron chi connectivity index (χ3n) is 2.67. The zero-order valence-corrected chi connectivity index (χ0v) is 9.59. The van der Waals surface area contributed by atoms with Crippen molar-refractivity contribution >= 4 is 28.4 Å². The van der Waals surface area contributed by atoms with Gasteiger partial charge in [-0.3, -0.25) is 9.89 Å². The molecule has 0 fully saturated rings. The molecule has 4 heteroatoms. The maximum Gasteiger partial charge on any atom is 0.133 e. The Kier molecular flexibility index (Phi) is 2.40. The summed E-state index contributed by atoms with van der Waals surface area (Å²) >= 11 is 2.24. The second-order valence-electron chi connectivity index (χ2n) is 3.52. The molecule has 1 N–H and O–H groups in total. The lowest BCUT2D eigenvalue weighted by Crippen LogP contribution is -2.20. The second-order valence-corrected chi connectivity index (χ2v) is 4.54. The zero-order valence-electron chi connectivity index (χ0n) is 7.43. The van der Waals surface area contributed by atoms with E-state index in [2.05, 4.69) is 32.8 Å². The number of nitrogens with one attached hydrogen (secondary N) is 1. The third kappa shape index (κ3) is 1.63. The van der Waals surface area contributed by atoms with Gasteiger partial charge in [0.1, 0.15) is 9.48 Å². The highest BCUT2D eigenvalue weighted by Gasteiger charge is 2.24. The summed E-state index contributed by atoms with van der Waals surface area (Å²) in [6.07, 6.45) is 2.83. The summed E-state index contributed by atoms with van der Waals surface area (Å²) in [5, 5.41) is 7.14. The Morgan fingerprint density at radius 3 is 3.15 bits per heavy atom. The number of carbonyl (C=O) groups excluding carboxylic acids is 1. The van der Waals surface area contributed by atoms with Crippen molar-refractivity contribution in [3.63, 3.8) is 0 Å². The molecule has 1 unspecified atom stereocenters. The minimum absolute atomic E-state index is 0.212. The van der Waals surface area contributed by atoms with Gasteiger partial charge in [-0.25, -0.2) is 0 Å². The van der Waals surface area contributed by atoms with Crippen molar-refractivity contribution in [1.29, 1.82) is 0 Å². The fourth-order valence-electron chi connectivity index (χ4n) is 1.81. The van der Waals surface area contributed by atoms with Crippen molar-refractivity contribution in [2.24, 2.45) is 5.92 Å². The van der Waals surface area contributed by atoms with Gasteiger partial charge in [-0.15, -0.1) is 0 Å². The number of H-pyrrole nitrogens is 1. The molecular formula is C9H11IN2O. The van der Waals surface area contributed by atoms with Crippen molar-refractivity contribution < 1.29 is 4.79 Å². The smallest absolute Gasteiger partial charge is 0.133 e. The number of rotatable bonds is 1. The van der Waals surface area contributed by atoms with Crippen LogP contribution in [0, 0.1) is 9.62 Å². The van der Waals surface area contributed by atoms with Crippen LogP contribution in [0.1, 0.15) is 24.6 Å². The van der Waals surface area contributed by atoms with Crippen LogP contribution in [0.5, 0.6) is 0 Å². The first-order chi connectivity index (χ1) is 6.18. The van der Waals surface area contributed by atoms with Crippen LogP contribution in [-0.2, 0) is 17.6 Å². The number of aromatic amines is 1. The van der Waals surface area contributed by atoms with Crippen molar-refractivity contribution in [2.75, 3.05) is 0 Å². The highest BCUT2D eigenvalue weighted by molar-refractivity contribution is 14.1. The SMILES string of the molecule is CC(=O)C1CCc2c(I)n[nH]c2C1. The lowest BCUT2D eigenvalue weighted by Gasteiger charge is -2.18. The number of Topliss-reactive ketones (excluding diaryl/α,β-unsaturated/α-hetero) is 1. The van der Waals surface area contributed by atoms with Crippen molar-refractivity contribution in [3.05, 3.63) is 15.0 Å². The van der Waals surface area contributed by atoms with E-state index in [0.29, 0.717) is 5.78 Å². The molecule has 1 aromatic rings. The standard InChI is InChI=1S/C9H11IN2O/c1-5(13)6-2-3-7-8(4-6)11-12-9(7)10/h6H,2-4H2,1H3,(H,11,12). The molecule has 0 aliphatic heterocycles. The number of carbonyl (C=O) groups is 1. The highest BCUT2D eigenvalue weighted by atomic mass is 127. The van der Waals surface area contributed by atoms with Crippen molar-refractivity contribution in [2.45, 2.75) is 26.2 Å². The lowest BCUT2D eigenvalue weighted by molar-refractivity contribution is -0.121. The molecule has 13 heavy (non-hydrogen) atoms. The predicted molar refractivity (Wildman–Crippen MR) is 57.5 cm³/mol. The quantitative estimate of drug-likeness (QED) is 0.800. The van der Waals surface area contributed by atoms with Gasteiger partial charge < -0.3 is 0 Å². The maximum absolute atomic E-state index is 11.2. The van der Waals surface area contributed by atoms with Crippen LogP contribution >= 0.6 is 22.6 Å². The Morgan fingerprint density at radius 1 is 1.69 bits per heavy atom. The van der Waals surface area contributed by atoms with E-state index in [1.165, 1.54) is 5.56 Å². The highest BCUT2D eigenvalue weighted by Crippen LogP contribution is 2.27. The van der Waals surface area contributed by atoms with Crippen molar-refractivity contribution in [3.8, 4) is 0 Å². The normalized spacial score (nSPS) is 21.2. The Morgan fingerprint density at radius 2 is 2.46 bits per heavy atom. The summed E-state index contributed by atoms with van der Waals surface area (Å²) in [6.45, 7) is 1.68. The minimum atomic E-state index is 0.212. The molecule has 2 rings (SSSR count). The Bertz CT molecular complexity index is 345. The minimum Gasteiger partial charge on any atom is -0.300 e. The van der Waals surface area contributed by atoms with E-state index < -0.39 is 0 Å². The summed E-state index contributed by atoms with van der Waals surface area (Å²) in [5.41, 5.74) is 2.48. The van der Waals surface area contributed by atoms with Gasteiger partial charge >= 0.3 is 0 Å². The number of aromatic nitrogens is 2. The molecule has 70 valence electrons. The number of ketones is 1. The average Bonchev–Trinajstić information content (AvgIpc) is 2.47. The molecule has 1 aromatic heterocycles. The molecule has 0 radical (unpaired) electrons. The topological polar surface area (TPSA) is 45.8 Å². The molecule has 3 nitrogen and oxygen atoms in total. The summed E-state index contributed by atoms with van der Waals surface area (Å²) in [5.74, 6) is 0.513. The van der Waals surface area contributed by atoms with Gasteiger partial charge in [0.25, 0.3) is 0 Å². The zero-order chi connectivity index (χ0) is 9.42. The van der Waals surface area contributed by atoms with Crippen LogP contribution in [0.15, 0.2) is 0 Å². The van der Waals surface area contributed by atoms with E-state index in [-0.39, 0.29) is 5.92 Å². The summed E-state index contributed by atoms with van der Waals surface area (Å²) in [4.78, 5) is 11.2. The molecule has 0 saturated heterocycles. The Labute approximate surface area is 90.4 Å². The summed E-state index contributed by atoms with van der Waals surface area (Å²) in [6, 6.07) is 0. The molecular weight excluding hydrogens is 279 g/mol. The Hall–Kier alpha value is -0.390. The summed E-state index contributed by atoms with van der Waals surface area (Å²) in [7, 11) is 0. The number of fused-ring (bicyclic) bond motifs is 1. The van der Waals surface area contributed by atoms with E-state index in [1.807, 2.05) is 0 Å². The lowest BCUT2D eigenvalue weighted by atomic mass is 9.86. The number of halogens is 1. The van der Waals surface area contributed by atoms with Gasteiger partial charge in [0.2, 0.25) is 0 Å². The number of hydrogen-bond acceptors (Lipinski definition) is 2. The van der Waals surface area contributed by atoms with E-state index in [0.717, 1.165) is 28.7 Å². The molecule has 0 bridgehead atoms. The van der Waals surface area contributed by atoms with Gasteiger partial charge in [-0.1, -0.05) is 0 Å². The largest absolute Gasteiger partial charge is 0.300 e. The maximum atomic E-state index is 11.2. The van der Waals surface area contributed by atoms with E-state index in [9.17, 15) is 4.79 Å². The van der Waals surface area contributed by atoms with Crippen LogP contribution in [0.3, 0.4) is 0 Å². The van der Waals surface area contributed by atoms with Crippen LogP contribution in [-0.4, -0.2) is 16.0 Å². The third-order valence-corrected chi connectivity index (χ3v) is 3.56. The van der Waals surface area contributed by atoms with Crippen LogP contribution in [0.4, 0.5) is 0 Å². The fraction of sp³-hybridized carbons (Fsp3) is 0.556. The van der Waals surface area contributed by atoms with Crippen LogP contribution < -0.4 is 0 Å². The monoisotopic (exact) mass is 290 g/mol. The predicted octanol–water partition coefficient (Wildman–Crippen LogP) is 1.71. The second kappa shape index (κ2) is 3.40. The average molecular weight is 290 g/mol. The summed E-state index contributed by atoms with van der Waals surface area (Å²) < 4.78 is 1.06. The fourth-order valence-corrected chi connectivity index (χ4v) is 2.53. The van der Waals surface area contributed by atoms with Crippen LogP contribution in [0.2, 0.25) is 0 Å². The van der Waals surface area contributed by atoms with Gasteiger partial charge in [-0.05, 0) is 48.8 Å².